The number of rotatable bonds is 3. The van der Waals surface area contributed by atoms with Crippen molar-refractivity contribution >= 4 is 0 Å². The van der Waals surface area contributed by atoms with Gasteiger partial charge in [-0.2, -0.15) is 10.2 Å². The van der Waals surface area contributed by atoms with Gasteiger partial charge < -0.3 is 0 Å². The molecule has 0 saturated carbocycles. The molecule has 3 heterocycles. The summed E-state index contributed by atoms with van der Waals surface area (Å²) in [6.45, 7) is 6.40. The van der Waals surface area contributed by atoms with E-state index in [9.17, 15) is 0 Å². The molecule has 1 unspecified atom stereocenters. The highest BCUT2D eigenvalue weighted by molar-refractivity contribution is 5.24. The zero-order valence-corrected chi connectivity index (χ0v) is 12.6. The average Bonchev–Trinajstić information content (AvgIpc) is 3.04. The fourth-order valence-corrected chi connectivity index (χ4v) is 3.23. The number of piperidine rings is 1. The topological polar surface area (TPSA) is 49.7 Å². The van der Waals surface area contributed by atoms with E-state index in [1.54, 1.807) is 0 Å². The molecule has 0 amide bonds. The van der Waals surface area contributed by atoms with Gasteiger partial charge in [-0.3, -0.25) is 14.7 Å². The van der Waals surface area contributed by atoms with Crippen LogP contribution in [0.25, 0.3) is 0 Å². The van der Waals surface area contributed by atoms with Crippen LogP contribution < -0.4 is 0 Å². The maximum absolute atomic E-state index is 4.53. The molecule has 1 fully saturated rings. The Morgan fingerprint density at radius 3 is 2.85 bits per heavy atom. The highest BCUT2D eigenvalue weighted by Crippen LogP contribution is 2.31. The molecule has 1 N–H and O–H groups in total. The van der Waals surface area contributed by atoms with E-state index >= 15 is 0 Å². The van der Waals surface area contributed by atoms with Crippen molar-refractivity contribution in [1.82, 2.24) is 24.9 Å². The number of nitrogens with one attached hydrogen (secondary N) is 1. The molecule has 1 aliphatic rings. The zero-order chi connectivity index (χ0) is 14.1. The molecule has 1 atom stereocenters. The van der Waals surface area contributed by atoms with Gasteiger partial charge in [0.05, 0.1) is 17.4 Å². The number of H-pyrrole nitrogens is 1. The molecule has 3 rings (SSSR count). The minimum absolute atomic E-state index is 0.463. The Hall–Kier alpha value is -1.62. The Morgan fingerprint density at radius 1 is 1.35 bits per heavy atom. The number of nitrogens with zero attached hydrogens (tertiary/aromatic N) is 4. The lowest BCUT2D eigenvalue weighted by Crippen LogP contribution is -2.33. The highest BCUT2D eigenvalue weighted by atomic mass is 15.3. The van der Waals surface area contributed by atoms with Crippen LogP contribution in [0.5, 0.6) is 0 Å². The molecule has 0 spiro atoms. The van der Waals surface area contributed by atoms with Crippen LogP contribution >= 0.6 is 0 Å². The maximum atomic E-state index is 4.53. The van der Waals surface area contributed by atoms with Crippen LogP contribution in [0.4, 0.5) is 0 Å². The molecular formula is C15H23N5. The largest absolute Gasteiger partial charge is 0.290 e. The third-order valence-electron chi connectivity index (χ3n) is 4.52. The normalized spacial score (nSPS) is 20.4. The Balaban J connectivity index is 1.84. The molecule has 5 heteroatoms. The summed E-state index contributed by atoms with van der Waals surface area (Å²) in [7, 11) is 2.02. The first kappa shape index (κ1) is 13.4. The summed E-state index contributed by atoms with van der Waals surface area (Å²) in [5.41, 5.74) is 5.04. The van der Waals surface area contributed by atoms with Crippen LogP contribution in [-0.2, 0) is 13.6 Å². The SMILES string of the molecule is Cc1nn(C)c(C)c1CN1CCCCC1c1ccn[nH]1. The van der Waals surface area contributed by atoms with E-state index in [2.05, 4.69) is 40.1 Å². The van der Waals surface area contributed by atoms with Crippen LogP contribution in [-0.4, -0.2) is 31.4 Å². The Kier molecular flexibility index (Phi) is 3.61. The molecule has 1 aliphatic heterocycles. The second kappa shape index (κ2) is 5.40. The number of hydrogen-bond donors (Lipinski definition) is 1. The monoisotopic (exact) mass is 273 g/mol. The summed E-state index contributed by atoms with van der Waals surface area (Å²) in [5, 5.41) is 11.8. The number of hydrogen-bond acceptors (Lipinski definition) is 3. The summed E-state index contributed by atoms with van der Waals surface area (Å²) in [6.07, 6.45) is 5.64. The molecule has 2 aromatic heterocycles. The number of likely N-dealkylation sites (tertiary alicyclic amines) is 1. The van der Waals surface area contributed by atoms with Gasteiger partial charge in [-0.1, -0.05) is 6.42 Å². The molecule has 20 heavy (non-hydrogen) atoms. The van der Waals surface area contributed by atoms with Crippen LogP contribution in [0.1, 0.15) is 47.9 Å². The van der Waals surface area contributed by atoms with E-state index in [0.717, 1.165) is 18.8 Å². The second-order valence-corrected chi connectivity index (χ2v) is 5.77. The predicted octanol–water partition coefficient (Wildman–Crippen LogP) is 2.49. The number of aromatic amines is 1. The molecule has 0 bridgehead atoms. The zero-order valence-electron chi connectivity index (χ0n) is 12.6. The Bertz CT molecular complexity index is 569. The molecule has 108 valence electrons. The lowest BCUT2D eigenvalue weighted by Gasteiger charge is -2.35. The van der Waals surface area contributed by atoms with Crippen molar-refractivity contribution in [2.24, 2.45) is 7.05 Å². The predicted molar refractivity (Wildman–Crippen MR) is 78.3 cm³/mol. The van der Waals surface area contributed by atoms with E-state index in [0.29, 0.717) is 6.04 Å². The van der Waals surface area contributed by atoms with Gasteiger partial charge >= 0.3 is 0 Å². The van der Waals surface area contributed by atoms with Gasteiger partial charge in [0.25, 0.3) is 0 Å². The van der Waals surface area contributed by atoms with E-state index in [-0.39, 0.29) is 0 Å². The summed E-state index contributed by atoms with van der Waals surface area (Å²) in [4.78, 5) is 2.56. The first-order chi connectivity index (χ1) is 9.66. The van der Waals surface area contributed by atoms with Gasteiger partial charge in [0, 0.05) is 31.0 Å². The van der Waals surface area contributed by atoms with Crippen molar-refractivity contribution in [3.8, 4) is 0 Å². The third-order valence-corrected chi connectivity index (χ3v) is 4.52. The van der Waals surface area contributed by atoms with Crippen molar-refractivity contribution in [3.63, 3.8) is 0 Å². The fraction of sp³-hybridized carbons (Fsp3) is 0.600. The van der Waals surface area contributed by atoms with Crippen molar-refractivity contribution in [2.75, 3.05) is 6.54 Å². The van der Waals surface area contributed by atoms with Gasteiger partial charge in [0.1, 0.15) is 0 Å². The van der Waals surface area contributed by atoms with E-state index in [4.69, 9.17) is 0 Å². The Morgan fingerprint density at radius 2 is 2.20 bits per heavy atom. The first-order valence-electron chi connectivity index (χ1n) is 7.39. The van der Waals surface area contributed by atoms with E-state index in [1.165, 1.54) is 36.2 Å². The highest BCUT2D eigenvalue weighted by Gasteiger charge is 2.26. The van der Waals surface area contributed by atoms with Crippen LogP contribution in [0.15, 0.2) is 12.3 Å². The molecule has 0 radical (unpaired) electrons. The summed E-state index contributed by atoms with van der Waals surface area (Å²) in [6, 6.07) is 2.57. The average molecular weight is 273 g/mol. The van der Waals surface area contributed by atoms with Gasteiger partial charge in [-0.05, 0) is 39.3 Å². The number of aryl methyl sites for hydroxylation is 2. The van der Waals surface area contributed by atoms with E-state index in [1.807, 2.05) is 17.9 Å². The molecule has 2 aromatic rings. The van der Waals surface area contributed by atoms with Crippen molar-refractivity contribution in [3.05, 3.63) is 34.9 Å². The second-order valence-electron chi connectivity index (χ2n) is 5.77. The van der Waals surface area contributed by atoms with E-state index < -0.39 is 0 Å². The van der Waals surface area contributed by atoms with Gasteiger partial charge in [-0.15, -0.1) is 0 Å². The van der Waals surface area contributed by atoms with Crippen LogP contribution in [0.2, 0.25) is 0 Å². The molecule has 0 aliphatic carbocycles. The Labute approximate surface area is 120 Å². The lowest BCUT2D eigenvalue weighted by atomic mass is 9.98. The van der Waals surface area contributed by atoms with Gasteiger partial charge in [0.15, 0.2) is 0 Å². The summed E-state index contributed by atoms with van der Waals surface area (Å²) in [5.74, 6) is 0. The van der Waals surface area contributed by atoms with Crippen LogP contribution in [0, 0.1) is 13.8 Å². The molecule has 1 saturated heterocycles. The maximum Gasteiger partial charge on any atom is 0.0641 e. The molecule has 0 aromatic carbocycles. The minimum atomic E-state index is 0.463. The van der Waals surface area contributed by atoms with Crippen molar-refractivity contribution < 1.29 is 0 Å². The summed E-state index contributed by atoms with van der Waals surface area (Å²) >= 11 is 0. The minimum Gasteiger partial charge on any atom is -0.290 e. The standard InChI is InChI=1S/C15H23N5/c1-11-13(12(2)19(3)18-11)10-20-9-5-4-6-15(20)14-7-8-16-17-14/h7-8,15H,4-6,9-10H2,1-3H3,(H,16,17). The van der Waals surface area contributed by atoms with Gasteiger partial charge in [-0.25, -0.2) is 0 Å². The first-order valence-corrected chi connectivity index (χ1v) is 7.39. The summed E-state index contributed by atoms with van der Waals surface area (Å²) < 4.78 is 1.99. The van der Waals surface area contributed by atoms with Crippen molar-refractivity contribution in [1.29, 1.82) is 0 Å². The molecular weight excluding hydrogens is 250 g/mol. The smallest absolute Gasteiger partial charge is 0.0641 e. The lowest BCUT2D eigenvalue weighted by molar-refractivity contribution is 0.136. The van der Waals surface area contributed by atoms with Crippen molar-refractivity contribution in [2.45, 2.75) is 45.7 Å². The number of aromatic nitrogens is 4. The quantitative estimate of drug-likeness (QED) is 0.934. The van der Waals surface area contributed by atoms with Gasteiger partial charge in [0.2, 0.25) is 0 Å². The fourth-order valence-electron chi connectivity index (χ4n) is 3.23. The van der Waals surface area contributed by atoms with Crippen LogP contribution in [0.3, 0.4) is 0 Å². The molecule has 5 nitrogen and oxygen atoms in total. The third kappa shape index (κ3) is 2.38.